The van der Waals surface area contributed by atoms with Crippen molar-refractivity contribution in [3.8, 4) is 0 Å². The van der Waals surface area contributed by atoms with Crippen molar-refractivity contribution in [1.29, 1.82) is 0 Å². The fourth-order valence-corrected chi connectivity index (χ4v) is 6.96. The van der Waals surface area contributed by atoms with Gasteiger partial charge >= 0.3 is 0 Å². The molecule has 33 heavy (non-hydrogen) atoms. The molecule has 2 aliphatic rings. The van der Waals surface area contributed by atoms with E-state index < -0.39 is 0 Å². The lowest BCUT2D eigenvalue weighted by Gasteiger charge is -2.39. The van der Waals surface area contributed by atoms with Crippen LogP contribution in [-0.4, -0.2) is 7.05 Å². The number of hydrogen-bond donors (Lipinski definition) is 0. The Morgan fingerprint density at radius 3 is 1.15 bits per heavy atom. The minimum Gasteiger partial charge on any atom is -0.344 e. The Morgan fingerprint density at radius 1 is 0.333 bits per heavy atom. The lowest BCUT2D eigenvalue weighted by molar-refractivity contribution is 0.906. The number of hydrogen-bond acceptors (Lipinski definition) is 1. The number of nitrogens with zero attached hydrogens (tertiary/aromatic N) is 1. The molecular formula is C32H39N. The average molecular weight is 438 g/mol. The standard InChI is InChI=1S/C32H39N/c1-15-16(2)20(6)26-13-28-24(10)32-30(23(9)27(28)12-25(26)19(15)5)14-29-21(7)17(3)18(4)22(8)31(29)33(32)11/h12-14H2,1-11H3. The smallest absolute Gasteiger partial charge is 0.0479 e. The molecule has 0 bridgehead atoms. The molecule has 5 rings (SSSR count). The van der Waals surface area contributed by atoms with E-state index in [1.807, 2.05) is 0 Å². The molecule has 1 aliphatic carbocycles. The molecule has 1 heterocycles. The molecule has 0 amide bonds. The minimum atomic E-state index is 1.06. The summed E-state index contributed by atoms with van der Waals surface area (Å²) in [5.74, 6) is 0. The molecule has 0 aromatic heterocycles. The number of fused-ring (bicyclic) bond motifs is 4. The van der Waals surface area contributed by atoms with E-state index in [0.29, 0.717) is 0 Å². The van der Waals surface area contributed by atoms with Crippen molar-refractivity contribution in [3.63, 3.8) is 0 Å². The fraction of sp³-hybridized carbons (Fsp3) is 0.438. The van der Waals surface area contributed by atoms with Crippen LogP contribution in [-0.2, 0) is 19.3 Å². The van der Waals surface area contributed by atoms with Gasteiger partial charge in [-0.1, -0.05) is 0 Å². The highest BCUT2D eigenvalue weighted by Gasteiger charge is 2.33. The Kier molecular flexibility index (Phi) is 4.88. The molecule has 0 radical (unpaired) electrons. The van der Waals surface area contributed by atoms with Crippen molar-refractivity contribution >= 4 is 11.4 Å². The highest BCUT2D eigenvalue weighted by atomic mass is 15.1. The molecule has 0 N–H and O–H groups in total. The van der Waals surface area contributed by atoms with Crippen LogP contribution in [0.2, 0.25) is 0 Å². The maximum atomic E-state index is 2.53. The third-order valence-corrected chi connectivity index (χ3v) is 9.83. The van der Waals surface area contributed by atoms with E-state index >= 15 is 0 Å². The molecule has 3 aromatic rings. The van der Waals surface area contributed by atoms with E-state index in [2.05, 4.69) is 81.2 Å². The summed E-state index contributed by atoms with van der Waals surface area (Å²) in [6, 6.07) is 0. The molecule has 3 aromatic carbocycles. The van der Waals surface area contributed by atoms with Crippen LogP contribution in [0.25, 0.3) is 0 Å². The van der Waals surface area contributed by atoms with Gasteiger partial charge in [-0.2, -0.15) is 0 Å². The topological polar surface area (TPSA) is 3.24 Å². The molecule has 0 fully saturated rings. The van der Waals surface area contributed by atoms with Crippen molar-refractivity contribution in [2.24, 2.45) is 0 Å². The third-order valence-electron chi connectivity index (χ3n) is 9.83. The van der Waals surface area contributed by atoms with Crippen molar-refractivity contribution in [2.45, 2.75) is 88.5 Å². The second-order valence-electron chi connectivity index (χ2n) is 10.9. The molecule has 0 saturated carbocycles. The van der Waals surface area contributed by atoms with Crippen LogP contribution in [0, 0.1) is 69.2 Å². The van der Waals surface area contributed by atoms with Crippen LogP contribution < -0.4 is 4.90 Å². The van der Waals surface area contributed by atoms with Gasteiger partial charge < -0.3 is 4.90 Å². The first kappa shape index (κ1) is 22.3. The summed E-state index contributed by atoms with van der Waals surface area (Å²) >= 11 is 0. The highest BCUT2D eigenvalue weighted by molar-refractivity contribution is 5.83. The van der Waals surface area contributed by atoms with Gasteiger partial charge in [-0.05, 0) is 171 Å². The summed E-state index contributed by atoms with van der Waals surface area (Å²) in [7, 11) is 2.30. The second kappa shape index (κ2) is 7.23. The Labute approximate surface area is 200 Å². The lowest BCUT2D eigenvalue weighted by atomic mass is 9.73. The van der Waals surface area contributed by atoms with E-state index in [1.54, 1.807) is 27.8 Å². The van der Waals surface area contributed by atoms with Crippen LogP contribution in [0.1, 0.15) is 89.0 Å². The van der Waals surface area contributed by atoms with Crippen LogP contribution in [0.15, 0.2) is 0 Å². The Bertz CT molecular complexity index is 1380. The zero-order chi connectivity index (χ0) is 24.1. The van der Waals surface area contributed by atoms with Crippen molar-refractivity contribution in [1.82, 2.24) is 0 Å². The molecule has 0 atom stereocenters. The summed E-state index contributed by atoms with van der Waals surface area (Å²) in [6.45, 7) is 23.3. The first-order chi connectivity index (χ1) is 15.5. The van der Waals surface area contributed by atoms with Crippen LogP contribution >= 0.6 is 0 Å². The molecule has 1 nitrogen and oxygen atoms in total. The molecular weight excluding hydrogens is 398 g/mol. The summed E-state index contributed by atoms with van der Waals surface area (Å²) in [5.41, 5.74) is 27.2. The molecule has 172 valence electrons. The molecule has 1 heteroatoms. The van der Waals surface area contributed by atoms with E-state index in [4.69, 9.17) is 0 Å². The monoisotopic (exact) mass is 437 g/mol. The van der Waals surface area contributed by atoms with Gasteiger partial charge in [-0.15, -0.1) is 0 Å². The van der Waals surface area contributed by atoms with Gasteiger partial charge in [0.2, 0.25) is 0 Å². The fourth-order valence-electron chi connectivity index (χ4n) is 6.96. The van der Waals surface area contributed by atoms with Crippen LogP contribution in [0.5, 0.6) is 0 Å². The highest BCUT2D eigenvalue weighted by Crippen LogP contribution is 2.49. The lowest BCUT2D eigenvalue weighted by Crippen LogP contribution is -2.26. The third kappa shape index (κ3) is 2.78. The maximum absolute atomic E-state index is 2.53. The van der Waals surface area contributed by atoms with Gasteiger partial charge in [0.1, 0.15) is 0 Å². The quantitative estimate of drug-likeness (QED) is 0.270. The SMILES string of the molecule is Cc1c(C)c(C)c2c(c1C)Cc1c(C)c3c(c(C)c1C2)N(C)c1c(C)c(C)c(C)c(C)c1C3. The van der Waals surface area contributed by atoms with Gasteiger partial charge in [0, 0.05) is 24.8 Å². The van der Waals surface area contributed by atoms with Crippen molar-refractivity contribution in [2.75, 3.05) is 11.9 Å². The average Bonchev–Trinajstić information content (AvgIpc) is 2.80. The van der Waals surface area contributed by atoms with Crippen LogP contribution in [0.4, 0.5) is 11.4 Å². The Morgan fingerprint density at radius 2 is 0.636 bits per heavy atom. The number of benzene rings is 3. The molecule has 0 spiro atoms. The summed E-state index contributed by atoms with van der Waals surface area (Å²) < 4.78 is 0. The number of rotatable bonds is 0. The molecule has 0 saturated heterocycles. The van der Waals surface area contributed by atoms with Gasteiger partial charge in [0.05, 0.1) is 0 Å². The Hall–Kier alpha value is -2.54. The predicted molar refractivity (Wildman–Crippen MR) is 143 cm³/mol. The second-order valence-corrected chi connectivity index (χ2v) is 10.9. The zero-order valence-corrected chi connectivity index (χ0v) is 22.6. The van der Waals surface area contributed by atoms with Gasteiger partial charge in [0.25, 0.3) is 0 Å². The van der Waals surface area contributed by atoms with E-state index in [1.165, 1.54) is 72.6 Å². The Balaban J connectivity index is 1.77. The summed E-state index contributed by atoms with van der Waals surface area (Å²) in [5, 5.41) is 0. The van der Waals surface area contributed by atoms with Gasteiger partial charge in [-0.3, -0.25) is 0 Å². The summed E-state index contributed by atoms with van der Waals surface area (Å²) in [4.78, 5) is 2.53. The minimum absolute atomic E-state index is 1.06. The van der Waals surface area contributed by atoms with Crippen molar-refractivity contribution in [3.05, 3.63) is 89.0 Å². The van der Waals surface area contributed by atoms with Gasteiger partial charge in [-0.25, -0.2) is 0 Å². The predicted octanol–water partition coefficient (Wildman–Crippen LogP) is 7.94. The van der Waals surface area contributed by atoms with Crippen LogP contribution in [0.3, 0.4) is 0 Å². The van der Waals surface area contributed by atoms with E-state index in [0.717, 1.165) is 19.3 Å². The van der Waals surface area contributed by atoms with E-state index in [-0.39, 0.29) is 0 Å². The largest absolute Gasteiger partial charge is 0.344 e. The zero-order valence-electron chi connectivity index (χ0n) is 22.6. The number of anilines is 2. The first-order valence-electron chi connectivity index (χ1n) is 12.5. The van der Waals surface area contributed by atoms with E-state index in [9.17, 15) is 0 Å². The summed E-state index contributed by atoms with van der Waals surface area (Å²) in [6.07, 6.45) is 3.21. The molecule has 0 unspecified atom stereocenters. The van der Waals surface area contributed by atoms with Gasteiger partial charge in [0.15, 0.2) is 0 Å². The van der Waals surface area contributed by atoms with Crippen molar-refractivity contribution < 1.29 is 0 Å². The maximum Gasteiger partial charge on any atom is 0.0479 e. The first-order valence-corrected chi connectivity index (χ1v) is 12.5. The molecule has 1 aliphatic heterocycles. The normalized spacial score (nSPS) is 14.1.